The number of hydrazine groups is 1. The molecule has 0 fully saturated rings. The molecule has 152 valence electrons. The van der Waals surface area contributed by atoms with Crippen LogP contribution < -0.4 is 15.6 Å². The molecule has 7 nitrogen and oxygen atoms in total. The predicted octanol–water partition coefficient (Wildman–Crippen LogP) is 2.28. The first-order valence-corrected chi connectivity index (χ1v) is 10.8. The molecule has 0 spiro atoms. The smallest absolute Gasteiger partial charge is 0.269 e. The Balaban J connectivity index is 1.61. The van der Waals surface area contributed by atoms with Gasteiger partial charge in [-0.3, -0.25) is 20.4 Å². The van der Waals surface area contributed by atoms with Crippen LogP contribution in [-0.2, 0) is 21.4 Å². The third-order valence-corrected chi connectivity index (χ3v) is 6.05. The van der Waals surface area contributed by atoms with E-state index in [9.17, 15) is 18.0 Å². The van der Waals surface area contributed by atoms with Gasteiger partial charge in [0.1, 0.15) is 0 Å². The molecule has 0 heterocycles. The van der Waals surface area contributed by atoms with E-state index >= 15 is 0 Å². The molecule has 1 atom stereocenters. The van der Waals surface area contributed by atoms with Gasteiger partial charge in [-0.1, -0.05) is 48.6 Å². The lowest BCUT2D eigenvalue weighted by molar-refractivity contribution is -0.126. The molecule has 0 saturated heterocycles. The van der Waals surface area contributed by atoms with Gasteiger partial charge in [0.15, 0.2) is 0 Å². The fraction of sp³-hybridized carbons (Fsp3) is 0.238. The van der Waals surface area contributed by atoms with Gasteiger partial charge in [0.05, 0.1) is 4.90 Å². The third kappa shape index (κ3) is 5.75. The van der Waals surface area contributed by atoms with Crippen LogP contribution in [-0.4, -0.2) is 20.2 Å². The van der Waals surface area contributed by atoms with E-state index < -0.39 is 15.9 Å². The Morgan fingerprint density at radius 2 is 1.76 bits per heavy atom. The molecule has 0 bridgehead atoms. The summed E-state index contributed by atoms with van der Waals surface area (Å²) in [7, 11) is -3.79. The zero-order valence-corrected chi connectivity index (χ0v) is 16.6. The van der Waals surface area contributed by atoms with Crippen molar-refractivity contribution in [2.24, 2.45) is 5.92 Å². The Kier molecular flexibility index (Phi) is 6.79. The van der Waals surface area contributed by atoms with Crippen molar-refractivity contribution >= 4 is 21.8 Å². The fourth-order valence-electron chi connectivity index (χ4n) is 2.99. The molecule has 1 aliphatic rings. The van der Waals surface area contributed by atoms with Crippen molar-refractivity contribution in [1.82, 2.24) is 15.6 Å². The molecule has 0 radical (unpaired) electrons. The maximum absolute atomic E-state index is 12.5. The van der Waals surface area contributed by atoms with E-state index in [4.69, 9.17) is 0 Å². The first-order chi connectivity index (χ1) is 14.0. The van der Waals surface area contributed by atoms with Crippen LogP contribution in [0.25, 0.3) is 0 Å². The van der Waals surface area contributed by atoms with Crippen LogP contribution in [0.3, 0.4) is 0 Å². The van der Waals surface area contributed by atoms with Gasteiger partial charge in [0.2, 0.25) is 15.9 Å². The van der Waals surface area contributed by atoms with Crippen LogP contribution in [0.5, 0.6) is 0 Å². The summed E-state index contributed by atoms with van der Waals surface area (Å²) in [6, 6.07) is 14.8. The highest BCUT2D eigenvalue weighted by molar-refractivity contribution is 7.89. The molecule has 3 rings (SSSR count). The molecule has 0 unspecified atom stereocenters. The van der Waals surface area contributed by atoms with E-state index in [1.807, 2.05) is 42.5 Å². The van der Waals surface area contributed by atoms with Gasteiger partial charge in [-0.25, -0.2) is 13.1 Å². The standard InChI is InChI=1S/C21H23N3O4S/c25-20(17-10-5-2-6-11-17)23-24-21(26)18-12-7-13-19(14-18)29(27,28)22-15-16-8-3-1-4-9-16/h1-5,7-9,12-14,17,22H,6,10-11,15H2,(H,23,25)(H,24,26)/t17-/m0/s1. The molecule has 2 amide bonds. The highest BCUT2D eigenvalue weighted by Gasteiger charge is 2.20. The number of hydrogen-bond donors (Lipinski definition) is 3. The maximum atomic E-state index is 12.5. The molecular weight excluding hydrogens is 390 g/mol. The minimum absolute atomic E-state index is 0.0233. The van der Waals surface area contributed by atoms with Crippen molar-refractivity contribution in [2.75, 3.05) is 0 Å². The summed E-state index contributed by atoms with van der Waals surface area (Å²) in [6.45, 7) is 0.144. The second kappa shape index (κ2) is 9.49. The summed E-state index contributed by atoms with van der Waals surface area (Å²) in [6.07, 6.45) is 6.19. The maximum Gasteiger partial charge on any atom is 0.269 e. The molecular formula is C21H23N3O4S. The number of sulfonamides is 1. The number of carbonyl (C=O) groups is 2. The number of amides is 2. The molecule has 3 N–H and O–H groups in total. The van der Waals surface area contributed by atoms with Crippen molar-refractivity contribution < 1.29 is 18.0 Å². The van der Waals surface area contributed by atoms with Crippen molar-refractivity contribution in [3.63, 3.8) is 0 Å². The van der Waals surface area contributed by atoms with E-state index in [2.05, 4.69) is 15.6 Å². The Hall–Kier alpha value is -2.97. The average Bonchev–Trinajstić information content (AvgIpc) is 2.77. The molecule has 0 aromatic heterocycles. The van der Waals surface area contributed by atoms with E-state index in [1.165, 1.54) is 24.3 Å². The third-order valence-electron chi connectivity index (χ3n) is 4.65. The van der Waals surface area contributed by atoms with Crippen molar-refractivity contribution in [3.8, 4) is 0 Å². The SMILES string of the molecule is O=C(NNC(=O)[C@H]1CC=CCC1)c1cccc(S(=O)(=O)NCc2ccccc2)c1. The minimum atomic E-state index is -3.79. The van der Waals surface area contributed by atoms with Crippen LogP contribution in [0.2, 0.25) is 0 Å². The van der Waals surface area contributed by atoms with E-state index in [1.54, 1.807) is 0 Å². The van der Waals surface area contributed by atoms with Gasteiger partial charge in [0.25, 0.3) is 5.91 Å². The van der Waals surface area contributed by atoms with Gasteiger partial charge < -0.3 is 0 Å². The first kappa shape index (κ1) is 20.8. The Labute approximate surface area is 170 Å². The number of allylic oxidation sites excluding steroid dienone is 2. The summed E-state index contributed by atoms with van der Waals surface area (Å²) in [5, 5.41) is 0. The van der Waals surface area contributed by atoms with Crippen LogP contribution in [0.4, 0.5) is 0 Å². The van der Waals surface area contributed by atoms with Gasteiger partial charge in [0, 0.05) is 18.0 Å². The summed E-state index contributed by atoms with van der Waals surface area (Å²) in [5.41, 5.74) is 5.73. The minimum Gasteiger partial charge on any atom is -0.273 e. The number of nitrogens with one attached hydrogen (secondary N) is 3. The lowest BCUT2D eigenvalue weighted by Gasteiger charge is -2.17. The normalized spacial score (nSPS) is 16.2. The molecule has 8 heteroatoms. The second-order valence-corrected chi connectivity index (χ2v) is 8.53. The van der Waals surface area contributed by atoms with Crippen LogP contribution in [0.15, 0.2) is 71.6 Å². The van der Waals surface area contributed by atoms with Crippen LogP contribution >= 0.6 is 0 Å². The molecule has 2 aromatic rings. The molecule has 1 aliphatic carbocycles. The fourth-order valence-corrected chi connectivity index (χ4v) is 4.05. The quantitative estimate of drug-likeness (QED) is 0.499. The Morgan fingerprint density at radius 3 is 2.48 bits per heavy atom. The summed E-state index contributed by atoms with van der Waals surface area (Å²) < 4.78 is 27.6. The predicted molar refractivity (Wildman–Crippen MR) is 109 cm³/mol. The summed E-state index contributed by atoms with van der Waals surface area (Å²) in [4.78, 5) is 24.4. The molecule has 0 saturated carbocycles. The Morgan fingerprint density at radius 1 is 0.966 bits per heavy atom. The monoisotopic (exact) mass is 413 g/mol. The van der Waals surface area contributed by atoms with Crippen molar-refractivity contribution in [2.45, 2.75) is 30.7 Å². The molecule has 0 aliphatic heterocycles. The van der Waals surface area contributed by atoms with Crippen LogP contribution in [0, 0.1) is 5.92 Å². The molecule has 2 aromatic carbocycles. The first-order valence-electron chi connectivity index (χ1n) is 9.34. The second-order valence-electron chi connectivity index (χ2n) is 6.76. The largest absolute Gasteiger partial charge is 0.273 e. The van der Waals surface area contributed by atoms with Crippen molar-refractivity contribution in [1.29, 1.82) is 0 Å². The van der Waals surface area contributed by atoms with Gasteiger partial charge >= 0.3 is 0 Å². The summed E-state index contributed by atoms with van der Waals surface area (Å²) >= 11 is 0. The zero-order valence-electron chi connectivity index (χ0n) is 15.8. The highest BCUT2D eigenvalue weighted by atomic mass is 32.2. The lowest BCUT2D eigenvalue weighted by Crippen LogP contribution is -2.44. The van der Waals surface area contributed by atoms with Gasteiger partial charge in [-0.05, 0) is 43.0 Å². The molecule has 29 heavy (non-hydrogen) atoms. The Bertz CT molecular complexity index is 1000. The van der Waals surface area contributed by atoms with Crippen LogP contribution in [0.1, 0.15) is 35.2 Å². The number of hydrogen-bond acceptors (Lipinski definition) is 4. The van der Waals surface area contributed by atoms with E-state index in [0.29, 0.717) is 6.42 Å². The number of rotatable bonds is 6. The zero-order chi connectivity index (χ0) is 20.7. The topological polar surface area (TPSA) is 104 Å². The average molecular weight is 413 g/mol. The van der Waals surface area contributed by atoms with Gasteiger partial charge in [-0.15, -0.1) is 0 Å². The highest BCUT2D eigenvalue weighted by Crippen LogP contribution is 2.18. The van der Waals surface area contributed by atoms with Gasteiger partial charge in [-0.2, -0.15) is 0 Å². The number of benzene rings is 2. The van der Waals surface area contributed by atoms with E-state index in [-0.39, 0.29) is 28.8 Å². The number of carbonyl (C=O) groups excluding carboxylic acids is 2. The van der Waals surface area contributed by atoms with E-state index in [0.717, 1.165) is 18.4 Å². The lowest BCUT2D eigenvalue weighted by atomic mass is 9.94. The summed E-state index contributed by atoms with van der Waals surface area (Å²) in [5.74, 6) is -1.00. The van der Waals surface area contributed by atoms with Crippen molar-refractivity contribution in [3.05, 3.63) is 77.9 Å².